The zero-order valence-electron chi connectivity index (χ0n) is 8.93. The first-order valence-corrected chi connectivity index (χ1v) is 5.07. The highest BCUT2D eigenvalue weighted by Gasteiger charge is 2.25. The highest BCUT2D eigenvalue weighted by Crippen LogP contribution is 2.05. The van der Waals surface area contributed by atoms with E-state index in [0.717, 1.165) is 5.69 Å². The summed E-state index contributed by atoms with van der Waals surface area (Å²) in [6.07, 6.45) is 2.56. The Labute approximate surface area is 92.2 Å². The van der Waals surface area contributed by atoms with E-state index < -0.39 is 0 Å². The summed E-state index contributed by atoms with van der Waals surface area (Å²) in [5.74, 6) is -0.461. The molecule has 16 heavy (non-hydrogen) atoms. The van der Waals surface area contributed by atoms with Gasteiger partial charge >= 0.3 is 0 Å². The summed E-state index contributed by atoms with van der Waals surface area (Å²) in [6.45, 7) is 0.510. The first-order valence-electron chi connectivity index (χ1n) is 5.07. The van der Waals surface area contributed by atoms with Crippen molar-refractivity contribution in [2.75, 3.05) is 0 Å². The van der Waals surface area contributed by atoms with Crippen LogP contribution >= 0.6 is 0 Å². The van der Waals surface area contributed by atoms with Crippen LogP contribution in [0.15, 0.2) is 6.20 Å². The number of aromatic nitrogens is 3. The molecule has 1 aromatic heterocycles. The second-order valence-electron chi connectivity index (χ2n) is 3.73. The van der Waals surface area contributed by atoms with Crippen LogP contribution in [0.25, 0.3) is 0 Å². The fourth-order valence-corrected chi connectivity index (χ4v) is 1.59. The molecule has 1 atom stereocenters. The van der Waals surface area contributed by atoms with Gasteiger partial charge in [-0.25, -0.2) is 0 Å². The molecule has 0 bridgehead atoms. The largest absolute Gasteiger partial charge is 0.300 e. The van der Waals surface area contributed by atoms with Crippen molar-refractivity contribution in [3.8, 4) is 0 Å². The minimum absolute atomic E-state index is 0.203. The molecule has 0 saturated carbocycles. The van der Waals surface area contributed by atoms with Crippen molar-refractivity contribution in [1.29, 1.82) is 0 Å². The van der Waals surface area contributed by atoms with Crippen LogP contribution in [0.3, 0.4) is 0 Å². The van der Waals surface area contributed by atoms with E-state index in [9.17, 15) is 9.59 Å². The first-order chi connectivity index (χ1) is 7.66. The lowest BCUT2D eigenvalue weighted by molar-refractivity contribution is -0.134. The maximum absolute atomic E-state index is 11.4. The molecule has 1 fully saturated rings. The molecule has 1 aliphatic heterocycles. The number of nitrogens with zero attached hydrogens (tertiary/aromatic N) is 3. The predicted molar refractivity (Wildman–Crippen MR) is 54.0 cm³/mol. The summed E-state index contributed by atoms with van der Waals surface area (Å²) in [6, 6.07) is -0.312. The van der Waals surface area contributed by atoms with Crippen LogP contribution in [0, 0.1) is 0 Å². The molecule has 1 aliphatic rings. The van der Waals surface area contributed by atoms with Gasteiger partial charge < -0.3 is 5.32 Å². The fraction of sp³-hybridized carbons (Fsp3) is 0.556. The van der Waals surface area contributed by atoms with Crippen molar-refractivity contribution in [2.45, 2.75) is 25.4 Å². The Morgan fingerprint density at radius 2 is 2.44 bits per heavy atom. The molecule has 86 valence electrons. The smallest absolute Gasteiger partial charge is 0.243 e. The molecule has 1 aromatic rings. The topological polar surface area (TPSA) is 88.9 Å². The average Bonchev–Trinajstić information content (AvgIpc) is 2.63. The van der Waals surface area contributed by atoms with Gasteiger partial charge in [-0.2, -0.15) is 0 Å². The standard InChI is InChI=1S/C9H13N5O2/c1-14-6(5-11-13-14)4-10-7-2-3-8(15)12-9(7)16/h5,7,10H,2-4H2,1H3,(H,12,15,16). The van der Waals surface area contributed by atoms with Crippen LogP contribution < -0.4 is 10.6 Å². The Balaban J connectivity index is 1.89. The van der Waals surface area contributed by atoms with Gasteiger partial charge in [-0.15, -0.1) is 5.10 Å². The van der Waals surface area contributed by atoms with Gasteiger partial charge in [-0.1, -0.05) is 5.21 Å². The molecule has 0 aromatic carbocycles. The van der Waals surface area contributed by atoms with Crippen molar-refractivity contribution in [2.24, 2.45) is 7.05 Å². The molecular weight excluding hydrogens is 210 g/mol. The Hall–Kier alpha value is -1.76. The highest BCUT2D eigenvalue weighted by molar-refractivity contribution is 6.00. The number of imide groups is 1. The van der Waals surface area contributed by atoms with Gasteiger partial charge in [0.1, 0.15) is 0 Å². The third-order valence-electron chi connectivity index (χ3n) is 2.58. The third-order valence-corrected chi connectivity index (χ3v) is 2.58. The molecule has 1 saturated heterocycles. The second kappa shape index (κ2) is 4.40. The summed E-state index contributed by atoms with van der Waals surface area (Å²) in [5, 5.41) is 12.9. The lowest BCUT2D eigenvalue weighted by Crippen LogP contribution is -2.50. The van der Waals surface area contributed by atoms with Gasteiger partial charge in [-0.3, -0.25) is 19.6 Å². The van der Waals surface area contributed by atoms with E-state index in [1.54, 1.807) is 17.9 Å². The van der Waals surface area contributed by atoms with E-state index in [-0.39, 0.29) is 17.9 Å². The van der Waals surface area contributed by atoms with Crippen LogP contribution in [0.2, 0.25) is 0 Å². The Bertz CT molecular complexity index is 414. The van der Waals surface area contributed by atoms with Gasteiger partial charge in [-0.05, 0) is 6.42 Å². The lowest BCUT2D eigenvalue weighted by Gasteiger charge is -2.21. The zero-order chi connectivity index (χ0) is 11.5. The maximum Gasteiger partial charge on any atom is 0.243 e. The van der Waals surface area contributed by atoms with Crippen molar-refractivity contribution >= 4 is 11.8 Å². The minimum atomic E-state index is -0.312. The summed E-state index contributed by atoms with van der Waals surface area (Å²) in [7, 11) is 1.79. The Kier molecular flexibility index (Phi) is 2.95. The number of piperidine rings is 1. The Morgan fingerprint density at radius 3 is 3.06 bits per heavy atom. The molecule has 0 aliphatic carbocycles. The van der Waals surface area contributed by atoms with Crippen LogP contribution in [0.4, 0.5) is 0 Å². The van der Waals surface area contributed by atoms with E-state index in [1.165, 1.54) is 0 Å². The number of hydrogen-bond acceptors (Lipinski definition) is 5. The Morgan fingerprint density at radius 1 is 1.62 bits per heavy atom. The molecule has 2 amide bonds. The van der Waals surface area contributed by atoms with Gasteiger partial charge in [0.2, 0.25) is 11.8 Å². The summed E-state index contributed by atoms with van der Waals surface area (Å²) >= 11 is 0. The second-order valence-corrected chi connectivity index (χ2v) is 3.73. The van der Waals surface area contributed by atoms with Crippen molar-refractivity contribution in [3.05, 3.63) is 11.9 Å². The van der Waals surface area contributed by atoms with Crippen molar-refractivity contribution in [3.63, 3.8) is 0 Å². The molecule has 2 N–H and O–H groups in total. The summed E-state index contributed by atoms with van der Waals surface area (Å²) in [4.78, 5) is 22.3. The predicted octanol–water partition coefficient (Wildman–Crippen LogP) is -1.29. The number of carbonyl (C=O) groups excluding carboxylic acids is 2. The third kappa shape index (κ3) is 2.25. The normalized spacial score (nSPS) is 20.9. The van der Waals surface area contributed by atoms with Crippen LogP contribution in [-0.2, 0) is 23.2 Å². The first kappa shape index (κ1) is 10.7. The van der Waals surface area contributed by atoms with Gasteiger partial charge in [0.05, 0.1) is 17.9 Å². The zero-order valence-corrected chi connectivity index (χ0v) is 8.93. The van der Waals surface area contributed by atoms with Gasteiger partial charge in [0.25, 0.3) is 0 Å². The molecular formula is C9H13N5O2. The molecule has 2 rings (SSSR count). The molecule has 7 nitrogen and oxygen atoms in total. The number of carbonyl (C=O) groups is 2. The highest BCUT2D eigenvalue weighted by atomic mass is 16.2. The van der Waals surface area contributed by atoms with Gasteiger partial charge in [0.15, 0.2) is 0 Å². The van der Waals surface area contributed by atoms with E-state index in [4.69, 9.17) is 0 Å². The molecule has 0 radical (unpaired) electrons. The van der Waals surface area contributed by atoms with Crippen molar-refractivity contribution < 1.29 is 9.59 Å². The monoisotopic (exact) mass is 223 g/mol. The fourth-order valence-electron chi connectivity index (χ4n) is 1.59. The molecule has 2 heterocycles. The van der Waals surface area contributed by atoms with E-state index in [2.05, 4.69) is 20.9 Å². The number of nitrogens with one attached hydrogen (secondary N) is 2. The van der Waals surface area contributed by atoms with E-state index >= 15 is 0 Å². The van der Waals surface area contributed by atoms with Crippen molar-refractivity contribution in [1.82, 2.24) is 25.6 Å². The lowest BCUT2D eigenvalue weighted by atomic mass is 10.1. The number of aryl methyl sites for hydroxylation is 1. The minimum Gasteiger partial charge on any atom is -0.300 e. The van der Waals surface area contributed by atoms with Crippen LogP contribution in [0.1, 0.15) is 18.5 Å². The molecule has 0 spiro atoms. The number of hydrogen-bond donors (Lipinski definition) is 2. The van der Waals surface area contributed by atoms with E-state index in [0.29, 0.717) is 19.4 Å². The van der Waals surface area contributed by atoms with E-state index in [1.807, 2.05) is 0 Å². The molecule has 1 unspecified atom stereocenters. The summed E-state index contributed by atoms with van der Waals surface area (Å²) < 4.78 is 1.64. The number of amides is 2. The van der Waals surface area contributed by atoms with Crippen LogP contribution in [-0.4, -0.2) is 32.9 Å². The SMILES string of the molecule is Cn1nncc1CNC1CCC(=O)NC1=O. The summed E-state index contributed by atoms with van der Waals surface area (Å²) in [5.41, 5.74) is 0.893. The molecule has 7 heteroatoms. The van der Waals surface area contributed by atoms with Crippen LogP contribution in [0.5, 0.6) is 0 Å². The number of rotatable bonds is 3. The average molecular weight is 223 g/mol. The van der Waals surface area contributed by atoms with Gasteiger partial charge in [0, 0.05) is 20.0 Å². The maximum atomic E-state index is 11.4. The quantitative estimate of drug-likeness (QED) is 0.622.